The molecule has 2 heterocycles. The molecule has 0 atom stereocenters. The van der Waals surface area contributed by atoms with Gasteiger partial charge >= 0.3 is 0 Å². The van der Waals surface area contributed by atoms with Gasteiger partial charge in [0.1, 0.15) is 4.60 Å². The van der Waals surface area contributed by atoms with Gasteiger partial charge in [-0.3, -0.25) is 0 Å². The van der Waals surface area contributed by atoms with Crippen molar-refractivity contribution >= 4 is 21.6 Å². The van der Waals surface area contributed by atoms with E-state index in [-0.39, 0.29) is 0 Å². The second kappa shape index (κ2) is 6.21. The summed E-state index contributed by atoms with van der Waals surface area (Å²) in [6.45, 7) is 7.20. The van der Waals surface area contributed by atoms with Crippen molar-refractivity contribution in [2.24, 2.45) is 0 Å². The van der Waals surface area contributed by atoms with Crippen molar-refractivity contribution in [1.82, 2.24) is 4.98 Å². The van der Waals surface area contributed by atoms with Crippen LogP contribution in [0.15, 0.2) is 16.9 Å². The minimum atomic E-state index is 0.664. The number of hydrogen-bond donors (Lipinski definition) is 1. The highest BCUT2D eigenvalue weighted by Crippen LogP contribution is 2.27. The van der Waals surface area contributed by atoms with Crippen LogP contribution in [0.1, 0.15) is 13.3 Å². The predicted molar refractivity (Wildman–Crippen MR) is 71.6 cm³/mol. The minimum absolute atomic E-state index is 0.664. The van der Waals surface area contributed by atoms with Crippen molar-refractivity contribution in [1.29, 1.82) is 0 Å². The molecule has 17 heavy (non-hydrogen) atoms. The third-order valence-corrected chi connectivity index (χ3v) is 3.49. The lowest BCUT2D eigenvalue weighted by Crippen LogP contribution is -2.84. The second-order valence-electron chi connectivity index (χ2n) is 4.12. The Balaban J connectivity index is 2.16. The highest BCUT2D eigenvalue weighted by Gasteiger charge is 2.13. The van der Waals surface area contributed by atoms with E-state index in [1.165, 1.54) is 13.0 Å². The van der Waals surface area contributed by atoms with Crippen LogP contribution in [-0.2, 0) is 0 Å². The van der Waals surface area contributed by atoms with Gasteiger partial charge in [0.05, 0.1) is 38.1 Å². The number of hydrogen-bond acceptors (Lipinski definition) is 3. The summed E-state index contributed by atoms with van der Waals surface area (Å²) in [7, 11) is 0. The molecular formula is C12H19BrN3O+. The van der Waals surface area contributed by atoms with Crippen LogP contribution in [0.4, 0.5) is 5.69 Å². The van der Waals surface area contributed by atoms with Crippen LogP contribution in [0.3, 0.4) is 0 Å². The number of aromatic nitrogens is 1. The van der Waals surface area contributed by atoms with Crippen LogP contribution in [-0.4, -0.2) is 37.8 Å². The van der Waals surface area contributed by atoms with E-state index in [0.29, 0.717) is 6.61 Å². The summed E-state index contributed by atoms with van der Waals surface area (Å²) in [5.41, 5.74) is 1.16. The first kappa shape index (κ1) is 12.6. The lowest BCUT2D eigenvalue weighted by Gasteiger charge is -2.21. The number of anilines is 1. The van der Waals surface area contributed by atoms with Crippen LogP contribution in [0.2, 0.25) is 0 Å². The Labute approximate surface area is 110 Å². The van der Waals surface area contributed by atoms with E-state index < -0.39 is 0 Å². The van der Waals surface area contributed by atoms with Crippen LogP contribution < -0.4 is 15.0 Å². The topological polar surface area (TPSA) is 42.0 Å². The van der Waals surface area contributed by atoms with Crippen molar-refractivity contribution in [2.75, 3.05) is 37.7 Å². The molecule has 2 N–H and O–H groups in total. The van der Waals surface area contributed by atoms with Crippen molar-refractivity contribution in [3.8, 4) is 5.75 Å². The third-order valence-electron chi connectivity index (χ3n) is 2.90. The van der Waals surface area contributed by atoms with E-state index in [1.807, 2.05) is 13.1 Å². The summed E-state index contributed by atoms with van der Waals surface area (Å²) in [4.78, 5) is 6.72. The van der Waals surface area contributed by atoms with Crippen molar-refractivity contribution in [3.63, 3.8) is 0 Å². The van der Waals surface area contributed by atoms with Gasteiger partial charge in [-0.05, 0) is 22.9 Å². The molecule has 1 aromatic heterocycles. The van der Waals surface area contributed by atoms with Gasteiger partial charge in [0.25, 0.3) is 0 Å². The molecule has 0 aliphatic carbocycles. The minimum Gasteiger partial charge on any atom is -0.491 e. The molecule has 0 saturated carbocycles. The summed E-state index contributed by atoms with van der Waals surface area (Å²) < 4.78 is 6.34. The molecule has 0 amide bonds. The fourth-order valence-electron chi connectivity index (χ4n) is 2.04. The number of pyridine rings is 1. The van der Waals surface area contributed by atoms with Crippen molar-refractivity contribution in [2.45, 2.75) is 13.3 Å². The van der Waals surface area contributed by atoms with Gasteiger partial charge in [-0.1, -0.05) is 0 Å². The van der Waals surface area contributed by atoms with Gasteiger partial charge in [0.2, 0.25) is 0 Å². The largest absolute Gasteiger partial charge is 0.491 e. The molecule has 1 aliphatic heterocycles. The molecule has 1 aliphatic rings. The quantitative estimate of drug-likeness (QED) is 0.848. The summed E-state index contributed by atoms with van der Waals surface area (Å²) >= 11 is 3.41. The average molecular weight is 301 g/mol. The summed E-state index contributed by atoms with van der Waals surface area (Å²) in [6.07, 6.45) is 3.14. The van der Waals surface area contributed by atoms with Crippen LogP contribution in [0, 0.1) is 0 Å². The molecule has 1 saturated heterocycles. The predicted octanol–water partition coefficient (Wildman–Crippen LogP) is 1.02. The maximum atomic E-state index is 5.56. The number of nitrogens with zero attached hydrogens (tertiary/aromatic N) is 2. The second-order valence-corrected chi connectivity index (χ2v) is 4.87. The monoisotopic (exact) mass is 300 g/mol. The lowest BCUT2D eigenvalue weighted by atomic mass is 10.3. The Hall–Kier alpha value is -0.810. The molecule has 94 valence electrons. The van der Waals surface area contributed by atoms with Gasteiger partial charge in [-0.2, -0.15) is 0 Å². The number of halogens is 1. The van der Waals surface area contributed by atoms with Gasteiger partial charge in [0, 0.05) is 19.0 Å². The molecule has 0 radical (unpaired) electrons. The van der Waals surface area contributed by atoms with E-state index >= 15 is 0 Å². The number of nitrogens with two attached hydrogens (primary N) is 1. The van der Waals surface area contributed by atoms with Crippen molar-refractivity contribution < 1.29 is 10.1 Å². The Kier molecular flexibility index (Phi) is 4.62. The van der Waals surface area contributed by atoms with Gasteiger partial charge in [-0.25, -0.2) is 4.98 Å². The first-order valence-electron chi connectivity index (χ1n) is 6.16. The highest BCUT2D eigenvalue weighted by atomic mass is 79.9. The molecule has 0 bridgehead atoms. The standard InChI is InChI=1S/C12H18BrN3O/c1-2-17-11-8-10(9-15-12(11)13)16-6-3-4-14-5-7-16/h8-9,14H,2-7H2,1H3/p+1. The third kappa shape index (κ3) is 3.33. The smallest absolute Gasteiger partial charge is 0.154 e. The molecule has 1 fully saturated rings. The first-order valence-corrected chi connectivity index (χ1v) is 6.95. The maximum Gasteiger partial charge on any atom is 0.154 e. The summed E-state index contributed by atoms with van der Waals surface area (Å²) in [5, 5.41) is 2.37. The zero-order valence-electron chi connectivity index (χ0n) is 10.2. The Morgan fingerprint density at radius 1 is 1.47 bits per heavy atom. The summed E-state index contributed by atoms with van der Waals surface area (Å²) in [5.74, 6) is 0.832. The molecule has 1 aromatic rings. The fraction of sp³-hybridized carbons (Fsp3) is 0.583. The van der Waals surface area contributed by atoms with Gasteiger partial charge < -0.3 is 15.0 Å². The van der Waals surface area contributed by atoms with E-state index in [9.17, 15) is 0 Å². The van der Waals surface area contributed by atoms with E-state index in [2.05, 4.69) is 37.2 Å². The van der Waals surface area contributed by atoms with Crippen LogP contribution in [0.25, 0.3) is 0 Å². The number of quaternary nitrogens is 1. The van der Waals surface area contributed by atoms with E-state index in [0.717, 1.165) is 35.7 Å². The summed E-state index contributed by atoms with van der Waals surface area (Å²) in [6, 6.07) is 2.08. The molecule has 4 nitrogen and oxygen atoms in total. The molecule has 0 unspecified atom stereocenters. The highest BCUT2D eigenvalue weighted by molar-refractivity contribution is 9.10. The molecule has 5 heteroatoms. The molecular weight excluding hydrogens is 282 g/mol. The first-order chi connectivity index (χ1) is 8.31. The Bertz CT molecular complexity index is 365. The lowest BCUT2D eigenvalue weighted by molar-refractivity contribution is -0.650. The van der Waals surface area contributed by atoms with Crippen LogP contribution >= 0.6 is 15.9 Å². The molecule has 0 spiro atoms. The van der Waals surface area contributed by atoms with E-state index in [4.69, 9.17) is 4.74 Å². The fourth-order valence-corrected chi connectivity index (χ4v) is 2.37. The van der Waals surface area contributed by atoms with Gasteiger partial charge in [-0.15, -0.1) is 0 Å². The SMILES string of the molecule is CCOc1cc(N2CCC[NH2+]CC2)cnc1Br. The normalized spacial score (nSPS) is 16.7. The zero-order chi connectivity index (χ0) is 12.1. The molecule has 2 rings (SSSR count). The molecule has 0 aromatic carbocycles. The van der Waals surface area contributed by atoms with Crippen molar-refractivity contribution in [3.05, 3.63) is 16.9 Å². The Morgan fingerprint density at radius 3 is 3.18 bits per heavy atom. The number of rotatable bonds is 3. The average Bonchev–Trinajstić information content (AvgIpc) is 2.61. The maximum absolute atomic E-state index is 5.56. The van der Waals surface area contributed by atoms with E-state index in [1.54, 1.807) is 0 Å². The van der Waals surface area contributed by atoms with Gasteiger partial charge in [0.15, 0.2) is 5.75 Å². The van der Waals surface area contributed by atoms with Crippen LogP contribution in [0.5, 0.6) is 5.75 Å². The Morgan fingerprint density at radius 2 is 2.35 bits per heavy atom. The number of ether oxygens (including phenoxy) is 1. The zero-order valence-corrected chi connectivity index (χ0v) is 11.7.